The molecular weight excluding hydrogens is 269 g/mol. The van der Waals surface area contributed by atoms with Gasteiger partial charge in [-0.2, -0.15) is 0 Å². The normalized spacial score (nSPS) is 17.2. The van der Waals surface area contributed by atoms with Gasteiger partial charge in [0.2, 0.25) is 0 Å². The van der Waals surface area contributed by atoms with Crippen molar-refractivity contribution in [1.29, 1.82) is 0 Å². The lowest BCUT2D eigenvalue weighted by molar-refractivity contribution is 0.179. The summed E-state index contributed by atoms with van der Waals surface area (Å²) >= 11 is 0. The van der Waals surface area contributed by atoms with E-state index in [-0.39, 0.29) is 5.82 Å². The maximum Gasteiger partial charge on any atom is 0.165 e. The molecule has 1 saturated heterocycles. The Balaban J connectivity index is 1.65. The number of halogens is 1. The first-order chi connectivity index (χ1) is 10.2. The van der Waals surface area contributed by atoms with Gasteiger partial charge in [-0.15, -0.1) is 5.10 Å². The van der Waals surface area contributed by atoms with Crippen molar-refractivity contribution in [3.63, 3.8) is 0 Å². The minimum Gasteiger partial charge on any atom is -0.296 e. The van der Waals surface area contributed by atoms with E-state index in [0.29, 0.717) is 6.54 Å². The van der Waals surface area contributed by atoms with Crippen molar-refractivity contribution in [1.82, 2.24) is 25.1 Å². The first-order valence-electron chi connectivity index (χ1n) is 7.42. The van der Waals surface area contributed by atoms with Crippen LogP contribution in [0, 0.1) is 11.7 Å². The summed E-state index contributed by atoms with van der Waals surface area (Å²) in [5.74, 6) is 1.46. The second-order valence-corrected chi connectivity index (χ2v) is 5.84. The average molecular weight is 289 g/mol. The molecule has 0 saturated carbocycles. The molecule has 0 amide bonds. The van der Waals surface area contributed by atoms with Gasteiger partial charge in [0.05, 0.1) is 13.1 Å². The zero-order chi connectivity index (χ0) is 14.7. The van der Waals surface area contributed by atoms with Crippen molar-refractivity contribution in [3.05, 3.63) is 41.5 Å². The highest BCUT2D eigenvalue weighted by Gasteiger charge is 2.18. The molecule has 1 fully saturated rings. The van der Waals surface area contributed by atoms with Gasteiger partial charge in [-0.1, -0.05) is 19.1 Å². The van der Waals surface area contributed by atoms with Gasteiger partial charge in [-0.05, 0) is 60.0 Å². The Hall–Kier alpha value is -1.82. The summed E-state index contributed by atoms with van der Waals surface area (Å²) in [5, 5.41) is 12.0. The van der Waals surface area contributed by atoms with E-state index < -0.39 is 0 Å². The molecule has 6 heteroatoms. The van der Waals surface area contributed by atoms with Gasteiger partial charge in [0.25, 0.3) is 0 Å². The molecule has 0 spiro atoms. The number of hydrogen-bond donors (Lipinski definition) is 0. The van der Waals surface area contributed by atoms with Crippen LogP contribution in [0.3, 0.4) is 0 Å². The maximum atomic E-state index is 12.9. The first kappa shape index (κ1) is 14.1. The van der Waals surface area contributed by atoms with Crippen LogP contribution in [0.25, 0.3) is 0 Å². The molecular formula is C15H20FN5. The molecule has 0 bridgehead atoms. The predicted molar refractivity (Wildman–Crippen MR) is 77.0 cm³/mol. The highest BCUT2D eigenvalue weighted by Crippen LogP contribution is 2.17. The molecule has 0 radical (unpaired) electrons. The SMILES string of the molecule is CC1CCN(Cc2nnnn2Cc2ccc(F)cc2)CC1. The van der Waals surface area contributed by atoms with Gasteiger partial charge in [0.1, 0.15) is 5.82 Å². The lowest BCUT2D eigenvalue weighted by atomic mass is 9.99. The molecule has 0 aliphatic carbocycles. The number of likely N-dealkylation sites (tertiary alicyclic amines) is 1. The fraction of sp³-hybridized carbons (Fsp3) is 0.533. The Labute approximate surface area is 123 Å². The summed E-state index contributed by atoms with van der Waals surface area (Å²) < 4.78 is 14.7. The van der Waals surface area contributed by atoms with Crippen LogP contribution < -0.4 is 0 Å². The van der Waals surface area contributed by atoms with E-state index in [1.54, 1.807) is 16.8 Å². The number of rotatable bonds is 4. The van der Waals surface area contributed by atoms with Crippen LogP contribution in [-0.2, 0) is 13.1 Å². The van der Waals surface area contributed by atoms with Crippen LogP contribution in [0.1, 0.15) is 31.2 Å². The van der Waals surface area contributed by atoms with Crippen LogP contribution in [0.4, 0.5) is 4.39 Å². The van der Waals surface area contributed by atoms with E-state index in [4.69, 9.17) is 0 Å². The lowest BCUT2D eigenvalue weighted by Gasteiger charge is -2.29. The standard InChI is InChI=1S/C15H20FN5/c1-12-6-8-20(9-7-12)11-15-17-18-19-21(15)10-13-2-4-14(16)5-3-13/h2-5,12H,6-11H2,1H3. The molecule has 0 atom stereocenters. The van der Waals surface area contributed by atoms with Crippen molar-refractivity contribution in [2.75, 3.05) is 13.1 Å². The Morgan fingerprint density at radius 1 is 1.14 bits per heavy atom. The van der Waals surface area contributed by atoms with Gasteiger partial charge < -0.3 is 0 Å². The van der Waals surface area contributed by atoms with E-state index in [9.17, 15) is 4.39 Å². The summed E-state index contributed by atoms with van der Waals surface area (Å²) in [6, 6.07) is 6.46. The Morgan fingerprint density at radius 3 is 2.57 bits per heavy atom. The maximum absolute atomic E-state index is 12.9. The van der Waals surface area contributed by atoms with Crippen LogP contribution in [0.2, 0.25) is 0 Å². The number of aromatic nitrogens is 4. The summed E-state index contributed by atoms with van der Waals surface area (Å²) in [6.45, 7) is 5.86. The molecule has 2 aromatic rings. The molecule has 1 aromatic heterocycles. The van der Waals surface area contributed by atoms with Gasteiger partial charge in [-0.3, -0.25) is 4.90 Å². The second kappa shape index (κ2) is 6.30. The van der Waals surface area contributed by atoms with Crippen LogP contribution >= 0.6 is 0 Å². The highest BCUT2D eigenvalue weighted by molar-refractivity contribution is 5.16. The zero-order valence-corrected chi connectivity index (χ0v) is 12.2. The average Bonchev–Trinajstić information content (AvgIpc) is 2.91. The van der Waals surface area contributed by atoms with Gasteiger partial charge >= 0.3 is 0 Å². The smallest absolute Gasteiger partial charge is 0.165 e. The molecule has 1 aliphatic rings. The van der Waals surface area contributed by atoms with Gasteiger partial charge in [0, 0.05) is 0 Å². The largest absolute Gasteiger partial charge is 0.296 e. The lowest BCUT2D eigenvalue weighted by Crippen LogP contribution is -2.33. The third-order valence-electron chi connectivity index (χ3n) is 4.09. The van der Waals surface area contributed by atoms with Crippen molar-refractivity contribution in [2.45, 2.75) is 32.9 Å². The second-order valence-electron chi connectivity index (χ2n) is 5.84. The van der Waals surface area contributed by atoms with Crippen LogP contribution in [-0.4, -0.2) is 38.2 Å². The number of hydrogen-bond acceptors (Lipinski definition) is 4. The molecule has 5 nitrogen and oxygen atoms in total. The number of nitrogens with zero attached hydrogens (tertiary/aromatic N) is 5. The van der Waals surface area contributed by atoms with Crippen LogP contribution in [0.15, 0.2) is 24.3 Å². The highest BCUT2D eigenvalue weighted by atomic mass is 19.1. The van der Waals surface area contributed by atoms with Crippen molar-refractivity contribution in [2.24, 2.45) is 5.92 Å². The van der Waals surface area contributed by atoms with E-state index in [2.05, 4.69) is 27.3 Å². The van der Waals surface area contributed by atoms with E-state index in [1.807, 2.05) is 0 Å². The minimum atomic E-state index is -0.224. The van der Waals surface area contributed by atoms with Crippen molar-refractivity contribution < 1.29 is 4.39 Å². The fourth-order valence-corrected chi connectivity index (χ4v) is 2.64. The molecule has 0 N–H and O–H groups in total. The molecule has 0 unspecified atom stereocenters. The molecule has 1 aromatic carbocycles. The van der Waals surface area contributed by atoms with Crippen molar-refractivity contribution >= 4 is 0 Å². The summed E-state index contributed by atoms with van der Waals surface area (Å²) in [6.07, 6.45) is 2.47. The number of benzene rings is 1. The zero-order valence-electron chi connectivity index (χ0n) is 12.2. The molecule has 3 rings (SSSR count). The molecule has 1 aliphatic heterocycles. The molecule has 21 heavy (non-hydrogen) atoms. The van der Waals surface area contributed by atoms with E-state index >= 15 is 0 Å². The fourth-order valence-electron chi connectivity index (χ4n) is 2.64. The first-order valence-corrected chi connectivity index (χ1v) is 7.42. The Morgan fingerprint density at radius 2 is 1.86 bits per heavy atom. The topological polar surface area (TPSA) is 46.8 Å². The Kier molecular flexibility index (Phi) is 4.24. The molecule has 2 heterocycles. The molecule has 112 valence electrons. The quantitative estimate of drug-likeness (QED) is 0.864. The monoisotopic (exact) mass is 289 g/mol. The summed E-state index contributed by atoms with van der Waals surface area (Å²) in [4.78, 5) is 2.40. The van der Waals surface area contributed by atoms with Crippen LogP contribution in [0.5, 0.6) is 0 Å². The summed E-state index contributed by atoms with van der Waals surface area (Å²) in [7, 11) is 0. The van der Waals surface area contributed by atoms with Gasteiger partial charge in [-0.25, -0.2) is 9.07 Å². The van der Waals surface area contributed by atoms with Gasteiger partial charge in [0.15, 0.2) is 5.82 Å². The van der Waals surface area contributed by atoms with E-state index in [1.165, 1.54) is 25.0 Å². The number of piperidine rings is 1. The Bertz CT molecular complexity index is 572. The number of tetrazole rings is 1. The summed E-state index contributed by atoms with van der Waals surface area (Å²) in [5.41, 5.74) is 0.997. The van der Waals surface area contributed by atoms with Crippen molar-refractivity contribution in [3.8, 4) is 0 Å². The third kappa shape index (κ3) is 3.64. The third-order valence-corrected chi connectivity index (χ3v) is 4.09. The van der Waals surface area contributed by atoms with E-state index in [0.717, 1.165) is 36.9 Å². The minimum absolute atomic E-state index is 0.224. The predicted octanol–water partition coefficient (Wildman–Crippen LogP) is 2.09.